The van der Waals surface area contributed by atoms with Crippen LogP contribution in [0, 0.1) is 11.8 Å². The lowest BCUT2D eigenvalue weighted by atomic mass is 9.97. The second-order valence-corrected chi connectivity index (χ2v) is 5.87. The highest BCUT2D eigenvalue weighted by atomic mass is 16.5. The minimum Gasteiger partial charge on any atom is -0.385 e. The molecular formula is C20H37NO3. The number of carbonyl (C=O) groups is 1. The molecule has 0 saturated carbocycles. The van der Waals surface area contributed by atoms with Crippen LogP contribution in [-0.2, 0) is 14.3 Å². The Kier molecular flexibility index (Phi) is 17.1. The van der Waals surface area contributed by atoms with E-state index in [1.807, 2.05) is 13.8 Å². The maximum absolute atomic E-state index is 11.0. The van der Waals surface area contributed by atoms with Gasteiger partial charge in [0.25, 0.3) is 0 Å². The smallest absolute Gasteiger partial charge is 0.245 e. The third-order valence-corrected chi connectivity index (χ3v) is 3.20. The largest absolute Gasteiger partial charge is 0.385 e. The first-order valence-corrected chi connectivity index (χ1v) is 8.72. The molecule has 0 aromatic heterocycles. The molecule has 0 aromatic rings. The van der Waals surface area contributed by atoms with Gasteiger partial charge in [-0.15, -0.1) is 0 Å². The van der Waals surface area contributed by atoms with Gasteiger partial charge in [-0.2, -0.15) is 0 Å². The molecule has 0 unspecified atom stereocenters. The lowest BCUT2D eigenvalue weighted by Crippen LogP contribution is -2.49. The van der Waals surface area contributed by atoms with Crippen LogP contribution in [0.1, 0.15) is 34.1 Å². The number of nitrogens with zero attached hydrogens (tertiary/aromatic N) is 1. The summed E-state index contributed by atoms with van der Waals surface area (Å²) < 4.78 is 10.2. The van der Waals surface area contributed by atoms with E-state index >= 15 is 0 Å². The summed E-state index contributed by atoms with van der Waals surface area (Å²) in [5, 5.41) is 0. The van der Waals surface area contributed by atoms with Crippen molar-refractivity contribution in [2.24, 2.45) is 11.8 Å². The van der Waals surface area contributed by atoms with Gasteiger partial charge < -0.3 is 14.4 Å². The van der Waals surface area contributed by atoms with Crippen molar-refractivity contribution >= 4 is 5.91 Å². The Bertz CT molecular complexity index is 358. The predicted molar refractivity (Wildman–Crippen MR) is 103 cm³/mol. The second-order valence-electron chi connectivity index (χ2n) is 5.87. The third-order valence-electron chi connectivity index (χ3n) is 3.20. The van der Waals surface area contributed by atoms with Gasteiger partial charge in [-0.1, -0.05) is 53.5 Å². The summed E-state index contributed by atoms with van der Waals surface area (Å²) in [6.45, 7) is 22.9. The minimum absolute atomic E-state index is 0.0451. The Hall–Kier alpha value is -1.39. The predicted octanol–water partition coefficient (Wildman–Crippen LogP) is 4.09. The number of hydrogen-bond donors (Lipinski definition) is 0. The maximum atomic E-state index is 11.0. The number of hydrogen-bond acceptors (Lipinski definition) is 3. The van der Waals surface area contributed by atoms with Crippen LogP contribution in [0.4, 0.5) is 0 Å². The molecule has 1 amide bonds. The van der Waals surface area contributed by atoms with Crippen LogP contribution in [-0.4, -0.2) is 50.8 Å². The van der Waals surface area contributed by atoms with E-state index < -0.39 is 0 Å². The highest BCUT2D eigenvalue weighted by molar-refractivity contribution is 5.87. The van der Waals surface area contributed by atoms with Gasteiger partial charge in [0.1, 0.15) is 0 Å². The Morgan fingerprint density at radius 3 is 2.25 bits per heavy atom. The molecular weight excluding hydrogens is 302 g/mol. The Labute approximate surface area is 149 Å². The number of methoxy groups -OCH3 is 1. The molecule has 1 aliphatic heterocycles. The first kappa shape index (κ1) is 24.9. The molecule has 1 saturated heterocycles. The fraction of sp³-hybridized carbons (Fsp3) is 0.650. The Morgan fingerprint density at radius 2 is 1.83 bits per heavy atom. The van der Waals surface area contributed by atoms with E-state index in [1.54, 1.807) is 18.1 Å². The van der Waals surface area contributed by atoms with Crippen LogP contribution in [0.3, 0.4) is 0 Å². The van der Waals surface area contributed by atoms with Crippen LogP contribution in [0.5, 0.6) is 0 Å². The summed E-state index contributed by atoms with van der Waals surface area (Å²) in [5.74, 6) is 1.27. The summed E-state index contributed by atoms with van der Waals surface area (Å²) in [6, 6.07) is 0. The normalized spacial score (nSPS) is 13.0. The SMILES string of the molecule is C=CC(=C)COCC(C)C.C=CC(=O)N1CC(CCOC)C1.CC. The topological polar surface area (TPSA) is 38.8 Å². The zero-order valence-corrected chi connectivity index (χ0v) is 16.3. The quantitative estimate of drug-likeness (QED) is 0.469. The van der Waals surface area contributed by atoms with Crippen molar-refractivity contribution < 1.29 is 14.3 Å². The molecule has 0 aliphatic carbocycles. The number of ether oxygens (including phenoxy) is 2. The summed E-state index contributed by atoms with van der Waals surface area (Å²) in [5.41, 5.74) is 0.945. The first-order valence-electron chi connectivity index (χ1n) is 8.72. The number of amides is 1. The molecule has 0 atom stereocenters. The van der Waals surface area contributed by atoms with Crippen LogP contribution >= 0.6 is 0 Å². The molecule has 1 rings (SSSR count). The molecule has 0 aromatic carbocycles. The molecule has 0 radical (unpaired) electrons. The monoisotopic (exact) mass is 339 g/mol. The van der Waals surface area contributed by atoms with Crippen molar-refractivity contribution in [3.63, 3.8) is 0 Å². The van der Waals surface area contributed by atoms with Crippen LogP contribution < -0.4 is 0 Å². The van der Waals surface area contributed by atoms with Crippen LogP contribution in [0.2, 0.25) is 0 Å². The van der Waals surface area contributed by atoms with E-state index in [0.717, 1.165) is 38.3 Å². The first-order chi connectivity index (χ1) is 11.4. The van der Waals surface area contributed by atoms with Gasteiger partial charge in [0, 0.05) is 33.4 Å². The summed E-state index contributed by atoms with van der Waals surface area (Å²) in [7, 11) is 1.70. The lowest BCUT2D eigenvalue weighted by molar-refractivity contribution is -0.132. The van der Waals surface area contributed by atoms with Gasteiger partial charge in [0.2, 0.25) is 5.91 Å². The van der Waals surface area contributed by atoms with Crippen LogP contribution in [0.15, 0.2) is 37.5 Å². The van der Waals surface area contributed by atoms with E-state index in [9.17, 15) is 4.79 Å². The van der Waals surface area contributed by atoms with Crippen molar-refractivity contribution in [2.45, 2.75) is 34.1 Å². The average Bonchev–Trinajstić information content (AvgIpc) is 2.55. The maximum Gasteiger partial charge on any atom is 0.245 e. The summed E-state index contributed by atoms with van der Waals surface area (Å²) in [6.07, 6.45) is 4.14. The molecule has 0 spiro atoms. The number of likely N-dealkylation sites (tertiary alicyclic amines) is 1. The lowest BCUT2D eigenvalue weighted by Gasteiger charge is -2.38. The molecule has 4 nitrogen and oxygen atoms in total. The van der Waals surface area contributed by atoms with Gasteiger partial charge in [-0.25, -0.2) is 0 Å². The van der Waals surface area contributed by atoms with Gasteiger partial charge in [-0.05, 0) is 29.9 Å². The van der Waals surface area contributed by atoms with Crippen LogP contribution in [0.25, 0.3) is 0 Å². The highest BCUT2D eigenvalue weighted by Gasteiger charge is 2.28. The highest BCUT2D eigenvalue weighted by Crippen LogP contribution is 2.18. The molecule has 4 heteroatoms. The van der Waals surface area contributed by atoms with E-state index in [-0.39, 0.29) is 5.91 Å². The second kappa shape index (κ2) is 16.5. The number of carbonyl (C=O) groups excluding carboxylic acids is 1. The fourth-order valence-corrected chi connectivity index (χ4v) is 1.83. The summed E-state index contributed by atoms with van der Waals surface area (Å²) >= 11 is 0. The molecule has 0 N–H and O–H groups in total. The van der Waals surface area contributed by atoms with Gasteiger partial charge in [0.15, 0.2) is 0 Å². The molecule has 24 heavy (non-hydrogen) atoms. The van der Waals surface area contributed by atoms with Gasteiger partial charge in [-0.3, -0.25) is 4.79 Å². The van der Waals surface area contributed by atoms with Gasteiger partial charge >= 0.3 is 0 Å². The van der Waals surface area contributed by atoms with Crippen molar-refractivity contribution in [3.8, 4) is 0 Å². The molecule has 1 heterocycles. The third kappa shape index (κ3) is 13.1. The zero-order valence-electron chi connectivity index (χ0n) is 16.3. The molecule has 1 aliphatic rings. The molecule has 0 bridgehead atoms. The average molecular weight is 340 g/mol. The van der Waals surface area contributed by atoms with E-state index in [0.29, 0.717) is 18.4 Å². The number of rotatable bonds is 9. The zero-order chi connectivity index (χ0) is 19.0. The van der Waals surface area contributed by atoms with Crippen molar-refractivity contribution in [1.29, 1.82) is 0 Å². The fourth-order valence-electron chi connectivity index (χ4n) is 1.83. The Morgan fingerprint density at radius 1 is 1.25 bits per heavy atom. The Balaban J connectivity index is 0. The van der Waals surface area contributed by atoms with Gasteiger partial charge in [0.05, 0.1) is 6.61 Å². The van der Waals surface area contributed by atoms with E-state index in [1.165, 1.54) is 6.08 Å². The van der Waals surface area contributed by atoms with Crippen molar-refractivity contribution in [2.75, 3.05) is 40.0 Å². The van der Waals surface area contributed by atoms with Crippen molar-refractivity contribution in [3.05, 3.63) is 37.5 Å². The van der Waals surface area contributed by atoms with E-state index in [2.05, 4.69) is 33.6 Å². The standard InChI is InChI=1S/C9H15NO2.C9H16O.C2H6/c1-3-9(11)10-6-8(7-10)4-5-12-2;1-5-9(4)7-10-6-8(2)3;1-2/h3,8H,1,4-7H2,2H3;5,8H,1,4,6-7H2,2-3H3;1-2H3. The summed E-state index contributed by atoms with van der Waals surface area (Å²) in [4.78, 5) is 12.8. The van der Waals surface area contributed by atoms with E-state index in [4.69, 9.17) is 9.47 Å². The van der Waals surface area contributed by atoms with Crippen molar-refractivity contribution in [1.82, 2.24) is 4.90 Å². The molecule has 140 valence electrons. The molecule has 1 fully saturated rings. The minimum atomic E-state index is 0.0451.